The van der Waals surface area contributed by atoms with Gasteiger partial charge in [-0.2, -0.15) is 0 Å². The number of benzene rings is 2. The Bertz CT molecular complexity index is 596. The molecule has 0 saturated carbocycles. The highest BCUT2D eigenvalue weighted by atomic mass is 127. The van der Waals surface area contributed by atoms with Crippen LogP contribution >= 0.6 is 22.6 Å². The Morgan fingerprint density at radius 3 is 2.74 bits per heavy atom. The minimum absolute atomic E-state index is 0.180. The Morgan fingerprint density at radius 1 is 1.26 bits per heavy atom. The highest BCUT2D eigenvalue weighted by Crippen LogP contribution is 2.25. The minimum Gasteiger partial charge on any atom is -0.506 e. The number of phenols is 1. The molecule has 1 N–H and O–H groups in total. The van der Waals surface area contributed by atoms with E-state index in [4.69, 9.17) is 4.74 Å². The molecule has 98 valence electrons. The summed E-state index contributed by atoms with van der Waals surface area (Å²) in [7, 11) is 0. The average molecular weight is 367 g/mol. The Morgan fingerprint density at radius 2 is 2.05 bits per heavy atom. The van der Waals surface area contributed by atoms with Crippen LogP contribution in [0.2, 0.25) is 0 Å². The number of hydrogen-bond acceptors (Lipinski definition) is 3. The minimum atomic E-state index is 0.180. The van der Waals surface area contributed by atoms with E-state index < -0.39 is 0 Å². The molecule has 0 aliphatic carbocycles. The fourth-order valence-electron chi connectivity index (χ4n) is 1.59. The lowest BCUT2D eigenvalue weighted by Crippen LogP contribution is -1.94. The summed E-state index contributed by atoms with van der Waals surface area (Å²) in [6.45, 7) is 2.62. The number of para-hydroxylation sites is 2. The third-order valence-corrected chi connectivity index (χ3v) is 3.33. The fourth-order valence-corrected chi connectivity index (χ4v) is 2.28. The summed E-state index contributed by atoms with van der Waals surface area (Å²) in [5, 5.41) is 9.62. The van der Waals surface area contributed by atoms with Gasteiger partial charge in [-0.3, -0.25) is 4.99 Å². The van der Waals surface area contributed by atoms with Gasteiger partial charge >= 0.3 is 0 Å². The molecule has 4 heteroatoms. The van der Waals surface area contributed by atoms with Crippen LogP contribution in [-0.2, 0) is 0 Å². The fraction of sp³-hybridized carbons (Fsp3) is 0.133. The zero-order chi connectivity index (χ0) is 13.7. The van der Waals surface area contributed by atoms with Gasteiger partial charge in [-0.05, 0) is 65.4 Å². The molecule has 2 rings (SSSR count). The molecule has 0 amide bonds. The van der Waals surface area contributed by atoms with E-state index >= 15 is 0 Å². The molecule has 2 aromatic carbocycles. The Kier molecular flexibility index (Phi) is 4.79. The zero-order valence-corrected chi connectivity index (χ0v) is 12.7. The SMILES string of the molecule is CCOc1ccc(C=Nc2ccccc2O)cc1I. The molecule has 0 aromatic heterocycles. The van der Waals surface area contributed by atoms with Crippen molar-refractivity contribution in [3.05, 3.63) is 51.6 Å². The number of aliphatic imine (C=N–C) groups is 1. The smallest absolute Gasteiger partial charge is 0.141 e. The van der Waals surface area contributed by atoms with Gasteiger partial charge in [-0.25, -0.2) is 0 Å². The van der Waals surface area contributed by atoms with Crippen LogP contribution in [0.25, 0.3) is 0 Å². The van der Waals surface area contributed by atoms with E-state index in [0.717, 1.165) is 14.9 Å². The first-order valence-corrected chi connectivity index (χ1v) is 7.03. The van der Waals surface area contributed by atoms with Gasteiger partial charge < -0.3 is 9.84 Å². The van der Waals surface area contributed by atoms with Crippen molar-refractivity contribution in [3.8, 4) is 11.5 Å². The third kappa shape index (κ3) is 3.70. The highest BCUT2D eigenvalue weighted by Gasteiger charge is 2.01. The quantitative estimate of drug-likeness (QED) is 0.652. The van der Waals surface area contributed by atoms with Gasteiger partial charge in [0, 0.05) is 6.21 Å². The maximum atomic E-state index is 9.62. The number of rotatable bonds is 4. The Labute approximate surface area is 126 Å². The van der Waals surface area contributed by atoms with E-state index in [1.807, 2.05) is 31.2 Å². The number of aromatic hydroxyl groups is 1. The van der Waals surface area contributed by atoms with Gasteiger partial charge in [-0.1, -0.05) is 12.1 Å². The van der Waals surface area contributed by atoms with Gasteiger partial charge in [0.2, 0.25) is 0 Å². The van der Waals surface area contributed by atoms with Crippen molar-refractivity contribution >= 4 is 34.5 Å². The predicted octanol–water partition coefficient (Wildman–Crippen LogP) is 4.15. The number of halogens is 1. The second-order valence-electron chi connectivity index (χ2n) is 3.87. The first-order valence-electron chi connectivity index (χ1n) is 5.95. The summed E-state index contributed by atoms with van der Waals surface area (Å²) < 4.78 is 6.52. The monoisotopic (exact) mass is 367 g/mol. The van der Waals surface area contributed by atoms with Crippen molar-refractivity contribution in [2.24, 2.45) is 4.99 Å². The highest BCUT2D eigenvalue weighted by molar-refractivity contribution is 14.1. The van der Waals surface area contributed by atoms with E-state index in [-0.39, 0.29) is 5.75 Å². The predicted molar refractivity (Wildman–Crippen MR) is 85.7 cm³/mol. The first kappa shape index (κ1) is 13.9. The summed E-state index contributed by atoms with van der Waals surface area (Å²) in [4.78, 5) is 4.27. The molecule has 2 aromatic rings. The Balaban J connectivity index is 2.20. The zero-order valence-electron chi connectivity index (χ0n) is 10.5. The molecule has 0 radical (unpaired) electrons. The van der Waals surface area contributed by atoms with Gasteiger partial charge in [0.25, 0.3) is 0 Å². The first-order chi connectivity index (χ1) is 9.20. The van der Waals surface area contributed by atoms with Crippen LogP contribution in [-0.4, -0.2) is 17.9 Å². The second kappa shape index (κ2) is 6.56. The van der Waals surface area contributed by atoms with Crippen LogP contribution in [0, 0.1) is 3.57 Å². The van der Waals surface area contributed by atoms with Crippen molar-refractivity contribution in [2.45, 2.75) is 6.92 Å². The molecular formula is C15H14INO2. The molecule has 0 unspecified atom stereocenters. The normalized spacial score (nSPS) is 10.8. The molecule has 0 aliphatic rings. The van der Waals surface area contributed by atoms with Crippen LogP contribution in [0.4, 0.5) is 5.69 Å². The topological polar surface area (TPSA) is 41.8 Å². The van der Waals surface area contributed by atoms with Crippen molar-refractivity contribution in [1.29, 1.82) is 0 Å². The van der Waals surface area contributed by atoms with Crippen LogP contribution < -0.4 is 4.74 Å². The lowest BCUT2D eigenvalue weighted by molar-refractivity contribution is 0.338. The van der Waals surface area contributed by atoms with E-state index in [9.17, 15) is 5.11 Å². The Hall–Kier alpha value is -1.56. The van der Waals surface area contributed by atoms with E-state index in [1.165, 1.54) is 0 Å². The van der Waals surface area contributed by atoms with E-state index in [1.54, 1.807) is 24.4 Å². The maximum Gasteiger partial charge on any atom is 0.141 e. The largest absolute Gasteiger partial charge is 0.506 e. The lowest BCUT2D eigenvalue weighted by atomic mass is 10.2. The molecule has 0 spiro atoms. The van der Waals surface area contributed by atoms with Crippen molar-refractivity contribution < 1.29 is 9.84 Å². The molecule has 3 nitrogen and oxygen atoms in total. The lowest BCUT2D eigenvalue weighted by Gasteiger charge is -2.05. The summed E-state index contributed by atoms with van der Waals surface area (Å²) >= 11 is 2.23. The van der Waals surface area contributed by atoms with Crippen LogP contribution in [0.3, 0.4) is 0 Å². The molecule has 0 aliphatic heterocycles. The number of phenolic OH excluding ortho intramolecular Hbond substituents is 1. The second-order valence-corrected chi connectivity index (χ2v) is 5.03. The number of nitrogens with zero attached hydrogens (tertiary/aromatic N) is 1. The molecule has 0 saturated heterocycles. The van der Waals surface area contributed by atoms with Crippen LogP contribution in [0.1, 0.15) is 12.5 Å². The van der Waals surface area contributed by atoms with Crippen LogP contribution in [0.5, 0.6) is 11.5 Å². The summed E-state index contributed by atoms with van der Waals surface area (Å²) in [6, 6.07) is 12.9. The molecule has 0 atom stereocenters. The van der Waals surface area contributed by atoms with Crippen molar-refractivity contribution in [1.82, 2.24) is 0 Å². The molecule has 19 heavy (non-hydrogen) atoms. The van der Waals surface area contributed by atoms with Crippen molar-refractivity contribution in [3.63, 3.8) is 0 Å². The van der Waals surface area contributed by atoms with Gasteiger partial charge in [-0.15, -0.1) is 0 Å². The summed E-state index contributed by atoms with van der Waals surface area (Å²) in [6.07, 6.45) is 1.73. The van der Waals surface area contributed by atoms with Gasteiger partial charge in [0.15, 0.2) is 0 Å². The molecular weight excluding hydrogens is 353 g/mol. The average Bonchev–Trinajstić information content (AvgIpc) is 2.41. The van der Waals surface area contributed by atoms with Gasteiger partial charge in [0.05, 0.1) is 10.2 Å². The molecule has 0 bridgehead atoms. The van der Waals surface area contributed by atoms with E-state index in [2.05, 4.69) is 27.6 Å². The summed E-state index contributed by atoms with van der Waals surface area (Å²) in [5.74, 6) is 1.06. The maximum absolute atomic E-state index is 9.62. The van der Waals surface area contributed by atoms with Gasteiger partial charge in [0.1, 0.15) is 17.2 Å². The molecule has 0 heterocycles. The van der Waals surface area contributed by atoms with Crippen LogP contribution in [0.15, 0.2) is 47.5 Å². The third-order valence-electron chi connectivity index (χ3n) is 2.49. The summed E-state index contributed by atoms with van der Waals surface area (Å²) in [5.41, 5.74) is 1.53. The number of hydrogen-bond donors (Lipinski definition) is 1. The van der Waals surface area contributed by atoms with E-state index in [0.29, 0.717) is 12.3 Å². The molecule has 0 fully saturated rings. The standard InChI is InChI=1S/C15H14INO2/c1-2-19-15-8-7-11(9-12(15)16)10-17-13-5-3-4-6-14(13)18/h3-10,18H,2H2,1H3. The van der Waals surface area contributed by atoms with Crippen molar-refractivity contribution in [2.75, 3.05) is 6.61 Å². The number of ether oxygens (including phenoxy) is 1.